The van der Waals surface area contributed by atoms with E-state index < -0.39 is 0 Å². The Morgan fingerprint density at radius 3 is 2.41 bits per heavy atom. The van der Waals surface area contributed by atoms with Crippen molar-refractivity contribution in [2.75, 3.05) is 5.32 Å². The predicted octanol–water partition coefficient (Wildman–Crippen LogP) is 3.04. The van der Waals surface area contributed by atoms with E-state index in [1.54, 1.807) is 0 Å². The van der Waals surface area contributed by atoms with E-state index in [4.69, 9.17) is 0 Å². The van der Waals surface area contributed by atoms with E-state index in [0.717, 1.165) is 11.3 Å². The maximum Gasteiger partial charge on any atom is 0.225 e. The summed E-state index contributed by atoms with van der Waals surface area (Å²) in [6.07, 6.45) is 0.523. The lowest BCUT2D eigenvalue weighted by atomic mass is 9.80. The second-order valence-corrected chi connectivity index (χ2v) is 5.84. The zero-order chi connectivity index (χ0) is 13.2. The molecule has 0 aromatic carbocycles. The number of nitrogens with zero attached hydrogens (tertiary/aromatic N) is 1. The van der Waals surface area contributed by atoms with Crippen LogP contribution in [-0.4, -0.2) is 16.1 Å². The summed E-state index contributed by atoms with van der Waals surface area (Å²) in [5, 5.41) is 9.78. The second kappa shape index (κ2) is 4.90. The van der Waals surface area contributed by atoms with E-state index in [9.17, 15) is 4.79 Å². The van der Waals surface area contributed by atoms with E-state index in [1.807, 2.05) is 13.8 Å². The van der Waals surface area contributed by atoms with Crippen LogP contribution in [-0.2, 0) is 4.79 Å². The van der Waals surface area contributed by atoms with E-state index >= 15 is 0 Å². The van der Waals surface area contributed by atoms with Gasteiger partial charge >= 0.3 is 0 Å². The number of aromatic amines is 1. The van der Waals surface area contributed by atoms with Crippen LogP contribution in [0.1, 0.15) is 45.4 Å². The fourth-order valence-corrected chi connectivity index (χ4v) is 1.37. The molecule has 0 fully saturated rings. The number of hydrogen-bond acceptors (Lipinski definition) is 2. The van der Waals surface area contributed by atoms with E-state index in [1.165, 1.54) is 0 Å². The Morgan fingerprint density at radius 2 is 2.00 bits per heavy atom. The fourth-order valence-electron chi connectivity index (χ4n) is 1.37. The molecular weight excluding hydrogens is 214 g/mol. The molecule has 0 aliphatic rings. The Labute approximate surface area is 103 Å². The first-order valence-electron chi connectivity index (χ1n) is 6.03. The topological polar surface area (TPSA) is 57.8 Å². The second-order valence-electron chi connectivity index (χ2n) is 5.84. The predicted molar refractivity (Wildman–Crippen MR) is 69.9 cm³/mol. The van der Waals surface area contributed by atoms with Crippen molar-refractivity contribution in [3.05, 3.63) is 11.3 Å². The average molecular weight is 237 g/mol. The molecule has 2 N–H and O–H groups in total. The van der Waals surface area contributed by atoms with Crippen molar-refractivity contribution in [2.24, 2.45) is 11.3 Å². The van der Waals surface area contributed by atoms with Crippen LogP contribution in [0.5, 0.6) is 0 Å². The molecule has 0 saturated carbocycles. The summed E-state index contributed by atoms with van der Waals surface area (Å²) in [7, 11) is 0. The van der Waals surface area contributed by atoms with Crippen molar-refractivity contribution < 1.29 is 4.79 Å². The maximum absolute atomic E-state index is 11.9. The van der Waals surface area contributed by atoms with Gasteiger partial charge in [0, 0.05) is 17.7 Å². The first-order valence-corrected chi connectivity index (χ1v) is 6.03. The molecule has 0 aliphatic carbocycles. The molecule has 1 aromatic rings. The third-order valence-corrected chi connectivity index (χ3v) is 3.48. The minimum Gasteiger partial charge on any atom is -0.309 e. The van der Waals surface area contributed by atoms with Gasteiger partial charge in [-0.15, -0.1) is 0 Å². The van der Waals surface area contributed by atoms with Gasteiger partial charge in [-0.3, -0.25) is 9.89 Å². The third-order valence-electron chi connectivity index (χ3n) is 3.48. The highest BCUT2D eigenvalue weighted by molar-refractivity contribution is 5.90. The number of amides is 1. The van der Waals surface area contributed by atoms with Gasteiger partial charge < -0.3 is 5.32 Å². The van der Waals surface area contributed by atoms with Crippen LogP contribution in [0.2, 0.25) is 0 Å². The van der Waals surface area contributed by atoms with Crippen LogP contribution in [0, 0.1) is 25.2 Å². The molecule has 1 atom stereocenters. The SMILES string of the molecule is Cc1[nH]nc(NC(=O)CC(C)C(C)(C)C)c1C. The lowest BCUT2D eigenvalue weighted by Crippen LogP contribution is -2.24. The zero-order valence-electron chi connectivity index (χ0n) is 11.6. The van der Waals surface area contributed by atoms with Crippen LogP contribution in [0.4, 0.5) is 5.82 Å². The highest BCUT2D eigenvalue weighted by Crippen LogP contribution is 2.28. The number of aromatic nitrogens is 2. The highest BCUT2D eigenvalue weighted by Gasteiger charge is 2.23. The smallest absolute Gasteiger partial charge is 0.225 e. The Bertz CT molecular complexity index is 401. The minimum absolute atomic E-state index is 0.0297. The highest BCUT2D eigenvalue weighted by atomic mass is 16.1. The third kappa shape index (κ3) is 3.58. The van der Waals surface area contributed by atoms with E-state index in [-0.39, 0.29) is 11.3 Å². The number of carbonyl (C=O) groups is 1. The summed E-state index contributed by atoms with van der Waals surface area (Å²) in [5.41, 5.74) is 2.14. The van der Waals surface area contributed by atoms with Gasteiger partial charge in [-0.25, -0.2) is 0 Å². The van der Waals surface area contributed by atoms with Crippen molar-refractivity contribution >= 4 is 11.7 Å². The number of carbonyl (C=O) groups excluding carboxylic acids is 1. The fraction of sp³-hybridized carbons (Fsp3) is 0.692. The molecule has 0 aliphatic heterocycles. The van der Waals surface area contributed by atoms with Gasteiger partial charge in [0.25, 0.3) is 0 Å². The molecule has 4 heteroatoms. The Hall–Kier alpha value is -1.32. The molecule has 0 spiro atoms. The van der Waals surface area contributed by atoms with E-state index in [2.05, 4.69) is 43.2 Å². The summed E-state index contributed by atoms with van der Waals surface area (Å²) >= 11 is 0. The summed E-state index contributed by atoms with van der Waals surface area (Å²) < 4.78 is 0. The lowest BCUT2D eigenvalue weighted by molar-refractivity contribution is -0.117. The molecular formula is C13H23N3O. The minimum atomic E-state index is 0.0297. The molecule has 4 nitrogen and oxygen atoms in total. The summed E-state index contributed by atoms with van der Waals surface area (Å²) in [6.45, 7) is 12.4. The normalized spacial score (nSPS) is 13.5. The van der Waals surface area contributed by atoms with Gasteiger partial charge in [0.1, 0.15) is 0 Å². The molecule has 0 saturated heterocycles. The van der Waals surface area contributed by atoms with Crippen molar-refractivity contribution in [1.29, 1.82) is 0 Å². The van der Waals surface area contributed by atoms with Crippen molar-refractivity contribution in [3.63, 3.8) is 0 Å². The van der Waals surface area contributed by atoms with E-state index in [0.29, 0.717) is 18.2 Å². The van der Waals surface area contributed by atoms with Gasteiger partial charge in [-0.2, -0.15) is 5.10 Å². The van der Waals surface area contributed by atoms with Gasteiger partial charge in [-0.1, -0.05) is 27.7 Å². The Kier molecular flexibility index (Phi) is 3.96. The molecule has 17 heavy (non-hydrogen) atoms. The lowest BCUT2D eigenvalue weighted by Gasteiger charge is -2.26. The monoisotopic (exact) mass is 237 g/mol. The molecule has 0 bridgehead atoms. The first kappa shape index (κ1) is 13.7. The molecule has 0 radical (unpaired) electrons. The maximum atomic E-state index is 11.9. The quantitative estimate of drug-likeness (QED) is 0.849. The van der Waals surface area contributed by atoms with Gasteiger partial charge in [0.05, 0.1) is 0 Å². The number of hydrogen-bond donors (Lipinski definition) is 2. The van der Waals surface area contributed by atoms with Crippen LogP contribution in [0.25, 0.3) is 0 Å². The Morgan fingerprint density at radius 1 is 1.41 bits per heavy atom. The molecule has 1 aromatic heterocycles. The number of nitrogens with one attached hydrogen (secondary N) is 2. The Balaban J connectivity index is 2.59. The van der Waals surface area contributed by atoms with Crippen LogP contribution in [0.3, 0.4) is 0 Å². The van der Waals surface area contributed by atoms with Gasteiger partial charge in [-0.05, 0) is 25.2 Å². The average Bonchev–Trinajstić information content (AvgIpc) is 2.48. The van der Waals surface area contributed by atoms with Gasteiger partial charge in [0.2, 0.25) is 5.91 Å². The molecule has 1 amide bonds. The molecule has 96 valence electrons. The summed E-state index contributed by atoms with van der Waals surface area (Å²) in [5.74, 6) is 1.01. The molecule has 1 unspecified atom stereocenters. The van der Waals surface area contributed by atoms with Crippen LogP contribution < -0.4 is 5.32 Å². The summed E-state index contributed by atoms with van der Waals surface area (Å²) in [4.78, 5) is 11.9. The summed E-state index contributed by atoms with van der Waals surface area (Å²) in [6, 6.07) is 0. The van der Waals surface area contributed by atoms with Crippen molar-refractivity contribution in [1.82, 2.24) is 10.2 Å². The number of rotatable bonds is 3. The van der Waals surface area contributed by atoms with Crippen LogP contribution in [0.15, 0.2) is 0 Å². The number of aryl methyl sites for hydroxylation is 1. The van der Waals surface area contributed by atoms with Crippen LogP contribution >= 0.6 is 0 Å². The van der Waals surface area contributed by atoms with Crippen molar-refractivity contribution in [2.45, 2.75) is 48.0 Å². The van der Waals surface area contributed by atoms with Gasteiger partial charge in [0.15, 0.2) is 5.82 Å². The first-order chi connectivity index (χ1) is 7.71. The number of H-pyrrole nitrogens is 1. The molecule has 1 heterocycles. The number of anilines is 1. The standard InChI is InChI=1S/C13H23N3O/c1-8(13(4,5)6)7-11(17)14-12-9(2)10(3)15-16-12/h8H,7H2,1-6H3,(H2,14,15,16,17). The van der Waals surface area contributed by atoms with Crippen molar-refractivity contribution in [3.8, 4) is 0 Å². The molecule has 1 rings (SSSR count). The largest absolute Gasteiger partial charge is 0.309 e. The zero-order valence-corrected chi connectivity index (χ0v) is 11.6.